The number of benzene rings is 2. The fourth-order valence-electron chi connectivity index (χ4n) is 5.11. The normalized spacial score (nSPS) is 21.4. The van der Waals surface area contributed by atoms with E-state index < -0.39 is 22.7 Å². The highest BCUT2D eigenvalue weighted by Crippen LogP contribution is 2.52. The molecule has 0 spiro atoms. The van der Waals surface area contributed by atoms with Gasteiger partial charge in [-0.2, -0.15) is 0 Å². The van der Waals surface area contributed by atoms with Crippen molar-refractivity contribution in [2.45, 2.75) is 116 Å². The van der Waals surface area contributed by atoms with Gasteiger partial charge in [-0.1, -0.05) is 71.9 Å². The molecule has 2 aliphatic rings. The van der Waals surface area contributed by atoms with Gasteiger partial charge < -0.3 is 23.2 Å². The minimum Gasteiger partial charge on any atom is -0.493 e. The van der Waals surface area contributed by atoms with E-state index in [0.29, 0.717) is 13.0 Å². The Morgan fingerprint density at radius 2 is 1.48 bits per heavy atom. The first kappa shape index (κ1) is 30.8. The van der Waals surface area contributed by atoms with Crippen LogP contribution in [0, 0.1) is 6.92 Å². The lowest BCUT2D eigenvalue weighted by Crippen LogP contribution is -2.53. The van der Waals surface area contributed by atoms with Crippen LogP contribution in [0.1, 0.15) is 58.2 Å². The lowest BCUT2D eigenvalue weighted by atomic mass is 10.0. The number of anilines is 1. The molecule has 220 valence electrons. The lowest BCUT2D eigenvalue weighted by Gasteiger charge is -2.43. The Labute approximate surface area is 243 Å². The van der Waals surface area contributed by atoms with Gasteiger partial charge in [-0.05, 0) is 60.4 Å². The third kappa shape index (κ3) is 5.52. The van der Waals surface area contributed by atoms with Crippen LogP contribution in [0.25, 0.3) is 0 Å². The Hall–Kier alpha value is -2.14. The Morgan fingerprint density at radius 1 is 0.900 bits per heavy atom. The van der Waals surface area contributed by atoms with Gasteiger partial charge >= 0.3 is 0 Å². The van der Waals surface area contributed by atoms with E-state index in [4.69, 9.17) is 18.3 Å². The number of carbonyl (C=O) groups is 1. The van der Waals surface area contributed by atoms with Crippen LogP contribution in [-0.2, 0) is 26.7 Å². The van der Waals surface area contributed by atoms with Crippen molar-refractivity contribution in [3.8, 4) is 11.5 Å². The third-order valence-corrected chi connectivity index (χ3v) is 18.5. The lowest BCUT2D eigenvalue weighted by molar-refractivity contribution is -0.125. The van der Waals surface area contributed by atoms with Crippen LogP contribution in [0.5, 0.6) is 11.5 Å². The molecule has 2 aromatic carbocycles. The highest BCUT2D eigenvalue weighted by atomic mass is 28.4. The summed E-state index contributed by atoms with van der Waals surface area (Å²) in [6.07, 6.45) is -0.342. The summed E-state index contributed by atoms with van der Waals surface area (Å²) in [6.45, 7) is 24.7. The monoisotopic (exact) mass is 583 g/mol. The van der Waals surface area contributed by atoms with Crippen LogP contribution in [0.4, 0.5) is 5.69 Å². The van der Waals surface area contributed by atoms with Gasteiger partial charge in [0.2, 0.25) is 0 Å². The SMILES string of the molecule is COc1c(C)cc2c(c1OCc1ccccc1)C[C@@H]1[C@H](O[Si](C)(C)C(C)(C)C)[C@H](O[Si](C)(C)C(C)(C)C)C(=O)N21. The van der Waals surface area contributed by atoms with E-state index in [-0.39, 0.29) is 28.1 Å². The second kappa shape index (κ2) is 10.6. The summed E-state index contributed by atoms with van der Waals surface area (Å²) in [7, 11) is -2.81. The summed E-state index contributed by atoms with van der Waals surface area (Å²) >= 11 is 0. The standard InChI is InChI=1S/C32H49NO5Si2/c1-21-18-24-23(27(26(21)35-8)36-20-22-16-14-13-15-17-22)19-25-28(37-39(9,10)31(2,3)4)29(30(34)33(24)25)38-40(11,12)32(5,6)7/h13-18,25,28-29H,19-20H2,1-12H3/t25-,28+,29+/m1/s1. The van der Waals surface area contributed by atoms with Crippen molar-refractivity contribution in [1.82, 2.24) is 0 Å². The molecule has 0 radical (unpaired) electrons. The molecule has 40 heavy (non-hydrogen) atoms. The number of rotatable bonds is 8. The molecule has 2 aromatic rings. The van der Waals surface area contributed by atoms with Crippen molar-refractivity contribution in [1.29, 1.82) is 0 Å². The molecule has 8 heteroatoms. The molecule has 0 aliphatic carbocycles. The molecule has 1 amide bonds. The largest absolute Gasteiger partial charge is 0.493 e. The average Bonchev–Trinajstić information content (AvgIpc) is 3.32. The maximum atomic E-state index is 14.3. The van der Waals surface area contributed by atoms with Crippen LogP contribution in [0.3, 0.4) is 0 Å². The van der Waals surface area contributed by atoms with Crippen LogP contribution < -0.4 is 14.4 Å². The maximum absolute atomic E-state index is 14.3. The van der Waals surface area contributed by atoms with Crippen LogP contribution in [0.2, 0.25) is 36.3 Å². The molecular weight excluding hydrogens is 535 g/mol. The Morgan fingerprint density at radius 3 is 2.02 bits per heavy atom. The number of carbonyl (C=O) groups excluding carboxylic acids is 1. The number of methoxy groups -OCH3 is 1. The molecule has 0 bridgehead atoms. The molecule has 0 saturated carbocycles. The Kier molecular flexibility index (Phi) is 8.17. The zero-order chi connectivity index (χ0) is 29.8. The molecule has 0 unspecified atom stereocenters. The van der Waals surface area contributed by atoms with Crippen molar-refractivity contribution in [3.05, 3.63) is 53.1 Å². The maximum Gasteiger partial charge on any atom is 0.258 e. The summed E-state index contributed by atoms with van der Waals surface area (Å²) in [4.78, 5) is 16.3. The Balaban J connectivity index is 1.78. The minimum absolute atomic E-state index is 0.000208. The fourth-order valence-corrected chi connectivity index (χ4v) is 7.65. The van der Waals surface area contributed by atoms with Crippen molar-refractivity contribution >= 4 is 28.2 Å². The van der Waals surface area contributed by atoms with Crippen LogP contribution in [0.15, 0.2) is 36.4 Å². The van der Waals surface area contributed by atoms with E-state index in [2.05, 4.69) is 85.9 Å². The molecule has 2 heterocycles. The van der Waals surface area contributed by atoms with Crippen molar-refractivity contribution in [3.63, 3.8) is 0 Å². The number of fused-ring (bicyclic) bond motifs is 3. The number of ether oxygens (including phenoxy) is 2. The van der Waals surface area contributed by atoms with Crippen molar-refractivity contribution in [2.24, 2.45) is 0 Å². The highest BCUT2D eigenvalue weighted by molar-refractivity contribution is 6.75. The van der Waals surface area contributed by atoms with Gasteiger partial charge in [0.25, 0.3) is 5.91 Å². The summed E-state index contributed by atoms with van der Waals surface area (Å²) in [5.41, 5.74) is 3.91. The molecule has 1 saturated heterocycles. The number of amides is 1. The molecule has 6 nitrogen and oxygen atoms in total. The molecular formula is C32H49NO5Si2. The summed E-state index contributed by atoms with van der Waals surface area (Å²) in [5.74, 6) is 1.44. The van der Waals surface area contributed by atoms with Gasteiger partial charge in [0.05, 0.1) is 18.8 Å². The zero-order valence-electron chi connectivity index (χ0n) is 26.6. The van der Waals surface area contributed by atoms with E-state index >= 15 is 0 Å². The fraction of sp³-hybridized carbons (Fsp3) is 0.594. The van der Waals surface area contributed by atoms with Gasteiger partial charge in [-0.3, -0.25) is 4.79 Å². The molecule has 0 N–H and O–H groups in total. The van der Waals surface area contributed by atoms with E-state index in [1.54, 1.807) is 7.11 Å². The van der Waals surface area contributed by atoms with Gasteiger partial charge in [0.15, 0.2) is 34.2 Å². The van der Waals surface area contributed by atoms with E-state index in [0.717, 1.165) is 33.9 Å². The quantitative estimate of drug-likeness (QED) is 0.299. The van der Waals surface area contributed by atoms with Crippen LogP contribution >= 0.6 is 0 Å². The Bertz CT molecular complexity index is 1250. The topological polar surface area (TPSA) is 57.2 Å². The second-order valence-electron chi connectivity index (χ2n) is 14.4. The molecule has 2 aliphatic heterocycles. The predicted octanol–water partition coefficient (Wildman–Crippen LogP) is 7.63. The number of nitrogens with zero attached hydrogens (tertiary/aromatic N) is 1. The number of hydrogen-bond donors (Lipinski definition) is 0. The number of hydrogen-bond acceptors (Lipinski definition) is 5. The van der Waals surface area contributed by atoms with Gasteiger partial charge in [-0.25, -0.2) is 0 Å². The van der Waals surface area contributed by atoms with Crippen molar-refractivity contribution < 1.29 is 23.1 Å². The second-order valence-corrected chi connectivity index (χ2v) is 24.0. The predicted molar refractivity (Wildman–Crippen MR) is 168 cm³/mol. The average molecular weight is 584 g/mol. The molecule has 4 rings (SSSR count). The first-order valence-corrected chi connectivity index (χ1v) is 20.3. The molecule has 3 atom stereocenters. The molecule has 0 aromatic heterocycles. The number of aryl methyl sites for hydroxylation is 1. The van der Waals surface area contributed by atoms with Gasteiger partial charge in [-0.15, -0.1) is 0 Å². The summed E-state index contributed by atoms with van der Waals surface area (Å²) < 4.78 is 26.3. The summed E-state index contributed by atoms with van der Waals surface area (Å²) in [5, 5.41) is -0.0254. The third-order valence-electron chi connectivity index (χ3n) is 9.56. The van der Waals surface area contributed by atoms with E-state index in [9.17, 15) is 4.79 Å². The zero-order valence-corrected chi connectivity index (χ0v) is 28.6. The van der Waals surface area contributed by atoms with E-state index in [1.165, 1.54) is 0 Å². The summed E-state index contributed by atoms with van der Waals surface area (Å²) in [6, 6.07) is 12.0. The van der Waals surface area contributed by atoms with E-state index in [1.807, 2.05) is 30.0 Å². The van der Waals surface area contributed by atoms with Crippen LogP contribution in [-0.4, -0.2) is 47.9 Å². The van der Waals surface area contributed by atoms with Gasteiger partial charge in [0, 0.05) is 12.0 Å². The smallest absolute Gasteiger partial charge is 0.258 e. The minimum atomic E-state index is -2.26. The first-order valence-electron chi connectivity index (χ1n) is 14.5. The highest BCUT2D eigenvalue weighted by Gasteiger charge is 2.58. The van der Waals surface area contributed by atoms with Crippen molar-refractivity contribution in [2.75, 3.05) is 12.0 Å². The van der Waals surface area contributed by atoms with Gasteiger partial charge in [0.1, 0.15) is 12.7 Å². The first-order chi connectivity index (χ1) is 18.4. The molecule has 1 fully saturated rings.